The van der Waals surface area contributed by atoms with Crippen LogP contribution in [0.15, 0.2) is 72.9 Å². The van der Waals surface area contributed by atoms with Crippen molar-refractivity contribution in [1.82, 2.24) is 14.8 Å². The first kappa shape index (κ1) is 30.5. The number of hydrogen-bond acceptors (Lipinski definition) is 2. The molecule has 2 N–H and O–H groups in total. The van der Waals surface area contributed by atoms with Gasteiger partial charge in [-0.15, -0.1) is 0 Å². The number of anilines is 1. The summed E-state index contributed by atoms with van der Waals surface area (Å²) in [7, 11) is 0. The molecule has 3 aromatic carbocycles. The third kappa shape index (κ3) is 7.86. The predicted molar refractivity (Wildman–Crippen MR) is 151 cm³/mol. The van der Waals surface area contributed by atoms with Crippen molar-refractivity contribution in [3.8, 4) is 0 Å². The van der Waals surface area contributed by atoms with Gasteiger partial charge in [0.25, 0.3) is 0 Å². The molecule has 0 radical (unpaired) electrons. The lowest BCUT2D eigenvalue weighted by atomic mass is 10.1. The van der Waals surface area contributed by atoms with Gasteiger partial charge < -0.3 is 20.1 Å². The van der Waals surface area contributed by atoms with Crippen molar-refractivity contribution in [3.05, 3.63) is 101 Å². The molecule has 6 nitrogen and oxygen atoms in total. The van der Waals surface area contributed by atoms with Crippen LogP contribution in [0, 0.1) is 17.6 Å². The van der Waals surface area contributed by atoms with E-state index in [1.54, 1.807) is 0 Å². The van der Waals surface area contributed by atoms with E-state index in [2.05, 4.69) is 10.3 Å². The predicted octanol–water partition coefficient (Wildman–Crippen LogP) is 7.23. The van der Waals surface area contributed by atoms with Crippen LogP contribution in [0.3, 0.4) is 0 Å². The Labute approximate surface area is 240 Å². The Morgan fingerprint density at radius 2 is 1.64 bits per heavy atom. The fourth-order valence-corrected chi connectivity index (χ4v) is 4.61. The summed E-state index contributed by atoms with van der Waals surface area (Å²) in [5, 5.41) is 3.50. The minimum absolute atomic E-state index is 0.0249. The number of hydrogen-bond donors (Lipinski definition) is 2. The molecule has 0 atom stereocenters. The van der Waals surface area contributed by atoms with Crippen molar-refractivity contribution >= 4 is 28.5 Å². The normalized spacial score (nSPS) is 11.6. The number of halogens is 5. The number of carbonyl (C=O) groups excluding carboxylic acids is 2. The monoisotopic (exact) mass is 586 g/mol. The minimum Gasteiger partial charge on any atom is -0.361 e. The fourth-order valence-electron chi connectivity index (χ4n) is 4.61. The third-order valence-corrected chi connectivity index (χ3v) is 6.70. The summed E-state index contributed by atoms with van der Waals surface area (Å²) in [5.74, 6) is -2.63. The molecule has 4 aromatic rings. The van der Waals surface area contributed by atoms with Gasteiger partial charge in [-0.1, -0.05) is 44.2 Å². The van der Waals surface area contributed by atoms with Gasteiger partial charge in [0.2, 0.25) is 5.91 Å². The Kier molecular flexibility index (Phi) is 9.49. The maximum atomic E-state index is 13.7. The Morgan fingerprint density at radius 1 is 0.929 bits per heavy atom. The highest BCUT2D eigenvalue weighted by Crippen LogP contribution is 2.29. The number of aromatic nitrogens is 1. The summed E-state index contributed by atoms with van der Waals surface area (Å²) in [6, 6.07) is 14.6. The first-order valence-electron chi connectivity index (χ1n) is 13.4. The Balaban J connectivity index is 1.54. The second kappa shape index (κ2) is 13.1. The molecule has 0 saturated heterocycles. The van der Waals surface area contributed by atoms with Crippen LogP contribution in [0.25, 0.3) is 10.9 Å². The van der Waals surface area contributed by atoms with Gasteiger partial charge in [0.1, 0.15) is 6.54 Å². The smallest absolute Gasteiger partial charge is 0.361 e. The van der Waals surface area contributed by atoms with Crippen LogP contribution in [0.5, 0.6) is 0 Å². The summed E-state index contributed by atoms with van der Waals surface area (Å²) >= 11 is 0. The number of carbonyl (C=O) groups is 2. The SMILES string of the molecule is CC(C)CN(CC(=O)N(CCc1c[nH]c2ccccc12)Cc1ccc(C(F)(F)F)cc1)C(=O)Nc1ccc(F)c(F)c1. The molecule has 1 heterocycles. The topological polar surface area (TPSA) is 68.4 Å². The highest BCUT2D eigenvalue weighted by Gasteiger charge is 2.30. The molecule has 3 amide bonds. The lowest BCUT2D eigenvalue weighted by Gasteiger charge is -2.29. The van der Waals surface area contributed by atoms with E-state index < -0.39 is 35.3 Å². The lowest BCUT2D eigenvalue weighted by Crippen LogP contribution is -2.46. The van der Waals surface area contributed by atoms with Gasteiger partial charge in [-0.25, -0.2) is 13.6 Å². The van der Waals surface area contributed by atoms with Crippen molar-refractivity contribution in [1.29, 1.82) is 0 Å². The second-order valence-corrected chi connectivity index (χ2v) is 10.5. The van der Waals surface area contributed by atoms with Gasteiger partial charge in [0, 0.05) is 48.5 Å². The van der Waals surface area contributed by atoms with Crippen LogP contribution in [-0.4, -0.2) is 46.4 Å². The number of para-hydroxylation sites is 1. The number of H-pyrrole nitrogens is 1. The molecule has 222 valence electrons. The largest absolute Gasteiger partial charge is 0.416 e. The zero-order valence-electron chi connectivity index (χ0n) is 23.1. The average Bonchev–Trinajstić information content (AvgIpc) is 3.35. The van der Waals surface area contributed by atoms with Crippen LogP contribution < -0.4 is 5.32 Å². The molecule has 0 fully saturated rings. The fraction of sp³-hybridized carbons (Fsp3) is 0.290. The van der Waals surface area contributed by atoms with E-state index in [-0.39, 0.29) is 37.8 Å². The molecule has 0 aliphatic rings. The van der Waals surface area contributed by atoms with Crippen LogP contribution in [0.1, 0.15) is 30.5 Å². The molecular formula is C31H31F5N4O2. The number of rotatable bonds is 10. The molecule has 0 aliphatic carbocycles. The molecule has 4 rings (SSSR count). The maximum Gasteiger partial charge on any atom is 0.416 e. The Morgan fingerprint density at radius 3 is 2.31 bits per heavy atom. The highest BCUT2D eigenvalue weighted by atomic mass is 19.4. The van der Waals surface area contributed by atoms with Gasteiger partial charge in [-0.05, 0) is 53.8 Å². The maximum absolute atomic E-state index is 13.7. The number of nitrogens with zero attached hydrogens (tertiary/aromatic N) is 2. The Hall–Kier alpha value is -4.41. The molecular weight excluding hydrogens is 555 g/mol. The molecule has 11 heteroatoms. The lowest BCUT2D eigenvalue weighted by molar-refractivity contribution is -0.137. The van der Waals surface area contributed by atoms with E-state index >= 15 is 0 Å². The van der Waals surface area contributed by atoms with Gasteiger partial charge >= 0.3 is 12.2 Å². The zero-order valence-corrected chi connectivity index (χ0v) is 23.1. The van der Waals surface area contributed by atoms with Crippen molar-refractivity contribution in [2.45, 2.75) is 33.0 Å². The number of fused-ring (bicyclic) bond motifs is 1. The summed E-state index contributed by atoms with van der Waals surface area (Å²) in [5.41, 5.74) is 1.63. The summed E-state index contributed by atoms with van der Waals surface area (Å²) < 4.78 is 66.3. The first-order valence-corrected chi connectivity index (χ1v) is 13.4. The molecule has 0 aliphatic heterocycles. The van der Waals surface area contributed by atoms with E-state index in [1.165, 1.54) is 28.0 Å². The number of benzene rings is 3. The number of alkyl halides is 3. The standard InChI is InChI=1S/C31H31F5N4O2/c1-20(2)17-40(30(42)38-24-11-12-26(32)27(33)15-24)19-29(41)39(18-21-7-9-23(10-8-21)31(34,35)36)14-13-22-16-37-28-6-4-3-5-25(22)28/h3-12,15-16,20,37H,13-14,17-19H2,1-2H3,(H,38,42). The number of amides is 3. The number of aromatic amines is 1. The van der Waals surface area contributed by atoms with E-state index in [9.17, 15) is 31.5 Å². The van der Waals surface area contributed by atoms with E-state index in [4.69, 9.17) is 0 Å². The molecule has 1 aromatic heterocycles. The van der Waals surface area contributed by atoms with Crippen molar-refractivity contribution in [3.63, 3.8) is 0 Å². The van der Waals surface area contributed by atoms with Gasteiger partial charge in [-0.3, -0.25) is 4.79 Å². The highest BCUT2D eigenvalue weighted by molar-refractivity contribution is 5.92. The van der Waals surface area contributed by atoms with E-state index in [0.29, 0.717) is 12.0 Å². The molecule has 0 saturated carbocycles. The average molecular weight is 587 g/mol. The van der Waals surface area contributed by atoms with Crippen molar-refractivity contribution < 1.29 is 31.5 Å². The molecule has 42 heavy (non-hydrogen) atoms. The Bertz CT molecular complexity index is 1530. The molecule has 0 unspecified atom stereocenters. The van der Waals surface area contributed by atoms with Crippen LogP contribution in [0.4, 0.5) is 32.4 Å². The zero-order chi connectivity index (χ0) is 30.4. The summed E-state index contributed by atoms with van der Waals surface area (Å²) in [6.45, 7) is 3.85. The van der Waals surface area contributed by atoms with Gasteiger partial charge in [0.15, 0.2) is 11.6 Å². The molecule has 0 spiro atoms. The van der Waals surface area contributed by atoms with Crippen molar-refractivity contribution in [2.75, 3.05) is 25.0 Å². The van der Waals surface area contributed by atoms with Crippen LogP contribution in [0.2, 0.25) is 0 Å². The first-order chi connectivity index (χ1) is 19.9. The number of urea groups is 1. The van der Waals surface area contributed by atoms with Crippen LogP contribution >= 0.6 is 0 Å². The molecule has 0 bridgehead atoms. The van der Waals surface area contributed by atoms with Crippen LogP contribution in [-0.2, 0) is 23.9 Å². The van der Waals surface area contributed by atoms with E-state index in [0.717, 1.165) is 40.7 Å². The van der Waals surface area contributed by atoms with Gasteiger partial charge in [0.05, 0.1) is 5.56 Å². The summed E-state index contributed by atoms with van der Waals surface area (Å²) in [6.07, 6.45) is -2.17. The van der Waals surface area contributed by atoms with Crippen molar-refractivity contribution in [2.24, 2.45) is 5.92 Å². The quantitative estimate of drug-likeness (QED) is 0.193. The summed E-state index contributed by atoms with van der Waals surface area (Å²) in [4.78, 5) is 32.7. The van der Waals surface area contributed by atoms with Gasteiger partial charge in [-0.2, -0.15) is 13.2 Å². The second-order valence-electron chi connectivity index (χ2n) is 10.5. The van der Waals surface area contributed by atoms with E-state index in [1.807, 2.05) is 44.3 Å². The minimum atomic E-state index is -4.48. The third-order valence-electron chi connectivity index (χ3n) is 6.70. The number of nitrogens with one attached hydrogen (secondary N) is 2.